The van der Waals surface area contributed by atoms with Gasteiger partial charge in [-0.2, -0.15) is 4.31 Å². The summed E-state index contributed by atoms with van der Waals surface area (Å²) >= 11 is 12.0. The number of aromatic amines is 1. The van der Waals surface area contributed by atoms with Gasteiger partial charge in [-0.25, -0.2) is 13.4 Å². The van der Waals surface area contributed by atoms with Gasteiger partial charge in [0.1, 0.15) is 5.75 Å². The molecule has 2 aromatic rings. The number of carbonyl (C=O) groups excluding carboxylic acids is 1. The van der Waals surface area contributed by atoms with E-state index in [9.17, 15) is 13.2 Å². The largest absolute Gasteiger partial charge is 0.479 e. The number of aromatic nitrogens is 2. The number of rotatable bonds is 5. The zero-order valence-corrected chi connectivity index (χ0v) is 17.5. The average molecular weight is 447 g/mol. The monoisotopic (exact) mass is 446 g/mol. The van der Waals surface area contributed by atoms with Gasteiger partial charge in [-0.05, 0) is 31.5 Å². The number of H-pyrrole nitrogens is 1. The number of nitrogens with one attached hydrogen (secondary N) is 1. The molecule has 0 saturated carbocycles. The first kappa shape index (κ1) is 20.9. The number of benzene rings is 1. The molecule has 1 unspecified atom stereocenters. The van der Waals surface area contributed by atoms with Crippen LogP contribution >= 0.6 is 23.2 Å². The van der Waals surface area contributed by atoms with Gasteiger partial charge >= 0.3 is 0 Å². The molecule has 1 amide bonds. The highest BCUT2D eigenvalue weighted by Crippen LogP contribution is 2.28. The third kappa shape index (κ3) is 4.60. The molecule has 2 heterocycles. The van der Waals surface area contributed by atoms with Crippen molar-refractivity contribution in [2.24, 2.45) is 0 Å². The number of imidazole rings is 1. The molecular weight excluding hydrogens is 427 g/mol. The van der Waals surface area contributed by atoms with Crippen molar-refractivity contribution in [3.05, 3.63) is 40.8 Å². The van der Waals surface area contributed by atoms with Crippen molar-refractivity contribution in [3.8, 4) is 5.75 Å². The predicted octanol–water partition coefficient (Wildman–Crippen LogP) is 2.41. The second-order valence-electron chi connectivity index (χ2n) is 6.33. The molecule has 152 valence electrons. The summed E-state index contributed by atoms with van der Waals surface area (Å²) in [6, 6.07) is 4.78. The molecule has 11 heteroatoms. The van der Waals surface area contributed by atoms with Crippen molar-refractivity contribution in [2.45, 2.75) is 24.5 Å². The second kappa shape index (κ2) is 8.69. The summed E-state index contributed by atoms with van der Waals surface area (Å²) in [5, 5.41) is 0.837. The molecule has 1 atom stereocenters. The maximum Gasteiger partial charge on any atom is 0.263 e. The minimum Gasteiger partial charge on any atom is -0.479 e. The molecule has 8 nitrogen and oxygen atoms in total. The molecule has 1 aromatic heterocycles. The van der Waals surface area contributed by atoms with E-state index in [2.05, 4.69) is 9.97 Å². The van der Waals surface area contributed by atoms with Gasteiger partial charge in [0.15, 0.2) is 11.1 Å². The molecule has 1 aliphatic heterocycles. The fraction of sp³-hybridized carbons (Fsp3) is 0.412. The van der Waals surface area contributed by atoms with Crippen molar-refractivity contribution in [2.75, 3.05) is 26.2 Å². The third-order valence-corrected chi connectivity index (χ3v) is 6.76. The highest BCUT2D eigenvalue weighted by atomic mass is 35.5. The first-order chi connectivity index (χ1) is 13.3. The lowest BCUT2D eigenvalue weighted by Crippen LogP contribution is -2.43. The molecule has 0 radical (unpaired) electrons. The Kier molecular flexibility index (Phi) is 6.49. The number of halogens is 2. The number of hydrogen-bond acceptors (Lipinski definition) is 5. The maximum absolute atomic E-state index is 12.8. The molecular formula is C17H20Cl2N4O4S. The van der Waals surface area contributed by atoms with Crippen molar-refractivity contribution >= 4 is 39.1 Å². The molecule has 1 saturated heterocycles. The zero-order chi connectivity index (χ0) is 20.3. The lowest BCUT2D eigenvalue weighted by Gasteiger charge is -2.25. The van der Waals surface area contributed by atoms with Crippen LogP contribution in [0, 0.1) is 0 Å². The summed E-state index contributed by atoms with van der Waals surface area (Å²) in [5.74, 6) is 0.136. The molecule has 1 N–H and O–H groups in total. The molecule has 3 rings (SSSR count). The Morgan fingerprint density at radius 1 is 1.25 bits per heavy atom. The molecule has 0 aliphatic carbocycles. The van der Waals surface area contributed by atoms with Crippen LogP contribution in [0.25, 0.3) is 0 Å². The van der Waals surface area contributed by atoms with Crippen molar-refractivity contribution in [3.63, 3.8) is 0 Å². The Hall–Kier alpha value is -1.81. The predicted molar refractivity (Wildman–Crippen MR) is 105 cm³/mol. The SMILES string of the molecule is CC(Oc1ccc(Cl)cc1Cl)C(=O)N1CCCN(S(=O)(=O)c2cnc[nH]2)CC1. The van der Waals surface area contributed by atoms with Crippen LogP contribution in [0.3, 0.4) is 0 Å². The molecule has 0 bridgehead atoms. The Morgan fingerprint density at radius 3 is 2.71 bits per heavy atom. The van der Waals surface area contributed by atoms with Crippen molar-refractivity contribution in [1.29, 1.82) is 0 Å². The quantitative estimate of drug-likeness (QED) is 0.760. The van der Waals surface area contributed by atoms with Crippen LogP contribution in [0.2, 0.25) is 10.0 Å². The van der Waals surface area contributed by atoms with E-state index < -0.39 is 16.1 Å². The number of sulfonamides is 1. The number of carbonyl (C=O) groups is 1. The number of ether oxygens (including phenoxy) is 1. The molecule has 0 spiro atoms. The summed E-state index contributed by atoms with van der Waals surface area (Å²) in [6.07, 6.45) is 2.35. The van der Waals surface area contributed by atoms with Gasteiger partial charge in [-0.1, -0.05) is 23.2 Å². The summed E-state index contributed by atoms with van der Waals surface area (Å²) in [5.41, 5.74) is 0. The number of hydrogen-bond donors (Lipinski definition) is 1. The van der Waals surface area contributed by atoms with E-state index in [1.54, 1.807) is 30.0 Å². The van der Waals surface area contributed by atoms with Crippen LogP contribution < -0.4 is 4.74 Å². The van der Waals surface area contributed by atoms with Crippen molar-refractivity contribution < 1.29 is 17.9 Å². The van der Waals surface area contributed by atoms with Gasteiger partial charge < -0.3 is 14.6 Å². The smallest absolute Gasteiger partial charge is 0.263 e. The Labute approximate surface area is 173 Å². The number of nitrogens with zero attached hydrogens (tertiary/aromatic N) is 3. The van der Waals surface area contributed by atoms with Gasteiger partial charge in [-0.15, -0.1) is 0 Å². The highest BCUT2D eigenvalue weighted by molar-refractivity contribution is 7.89. The van der Waals surface area contributed by atoms with Gasteiger partial charge in [0.2, 0.25) is 0 Å². The normalized spacial score (nSPS) is 17.2. The fourth-order valence-corrected chi connectivity index (χ4v) is 4.76. The van der Waals surface area contributed by atoms with Crippen LogP contribution in [-0.2, 0) is 14.8 Å². The Morgan fingerprint density at radius 2 is 2.04 bits per heavy atom. The summed E-state index contributed by atoms with van der Waals surface area (Å²) < 4.78 is 32.3. The van der Waals surface area contributed by atoms with Crippen molar-refractivity contribution in [1.82, 2.24) is 19.2 Å². The lowest BCUT2D eigenvalue weighted by atomic mass is 10.3. The van der Waals surface area contributed by atoms with Crippen LogP contribution in [0.5, 0.6) is 5.75 Å². The Bertz CT molecular complexity index is 937. The van der Waals surface area contributed by atoms with Crippen LogP contribution in [0.4, 0.5) is 0 Å². The topological polar surface area (TPSA) is 95.6 Å². The molecule has 28 heavy (non-hydrogen) atoms. The van der Waals surface area contributed by atoms with Crippen LogP contribution in [0.1, 0.15) is 13.3 Å². The maximum atomic E-state index is 12.8. The van der Waals surface area contributed by atoms with E-state index in [0.717, 1.165) is 0 Å². The average Bonchev–Trinajstić information content (AvgIpc) is 3.09. The van der Waals surface area contributed by atoms with E-state index in [0.29, 0.717) is 35.3 Å². The van der Waals surface area contributed by atoms with Crippen LogP contribution in [-0.4, -0.2) is 65.8 Å². The zero-order valence-electron chi connectivity index (χ0n) is 15.1. The third-order valence-electron chi connectivity index (χ3n) is 4.40. The van der Waals surface area contributed by atoms with Gasteiger partial charge in [0.05, 0.1) is 17.5 Å². The minimum absolute atomic E-state index is 0.0429. The highest BCUT2D eigenvalue weighted by Gasteiger charge is 2.31. The van der Waals surface area contributed by atoms with E-state index in [4.69, 9.17) is 27.9 Å². The van der Waals surface area contributed by atoms with E-state index in [1.807, 2.05) is 0 Å². The van der Waals surface area contributed by atoms with E-state index in [1.165, 1.54) is 16.8 Å². The van der Waals surface area contributed by atoms with E-state index in [-0.39, 0.29) is 24.0 Å². The summed E-state index contributed by atoms with van der Waals surface area (Å²) in [4.78, 5) is 20.8. The fourth-order valence-electron chi connectivity index (χ4n) is 2.95. The summed E-state index contributed by atoms with van der Waals surface area (Å²) in [6.45, 7) is 2.87. The first-order valence-electron chi connectivity index (χ1n) is 8.68. The molecule has 1 fully saturated rings. The summed E-state index contributed by atoms with van der Waals surface area (Å²) in [7, 11) is -3.65. The molecule has 1 aliphatic rings. The minimum atomic E-state index is -3.65. The Balaban J connectivity index is 1.64. The first-order valence-corrected chi connectivity index (χ1v) is 10.9. The second-order valence-corrected chi connectivity index (χ2v) is 9.08. The number of amides is 1. The standard InChI is InChI=1S/C17H20Cl2N4O4S/c1-12(27-15-4-3-13(18)9-14(15)19)17(24)22-5-2-6-23(8-7-22)28(25,26)16-10-20-11-21-16/h3-4,9-12H,2,5-8H2,1H3,(H,20,21). The van der Waals surface area contributed by atoms with Crippen LogP contribution in [0.15, 0.2) is 35.7 Å². The molecule has 1 aromatic carbocycles. The van der Waals surface area contributed by atoms with Gasteiger partial charge in [-0.3, -0.25) is 4.79 Å². The van der Waals surface area contributed by atoms with E-state index >= 15 is 0 Å². The van der Waals surface area contributed by atoms with Gasteiger partial charge in [0.25, 0.3) is 15.9 Å². The lowest BCUT2D eigenvalue weighted by molar-refractivity contribution is -0.137. The van der Waals surface area contributed by atoms with Gasteiger partial charge in [0, 0.05) is 31.2 Å².